The van der Waals surface area contributed by atoms with Gasteiger partial charge in [-0.25, -0.2) is 4.79 Å². The molecule has 9 heteroatoms. The summed E-state index contributed by atoms with van der Waals surface area (Å²) >= 11 is 0. The number of unbranched alkanes of at least 4 members (excludes halogenated alkanes) is 1. The van der Waals surface area contributed by atoms with Crippen molar-refractivity contribution in [2.45, 2.75) is 38.2 Å². The summed E-state index contributed by atoms with van der Waals surface area (Å²) in [5.41, 5.74) is 2.75. The fourth-order valence-electron chi connectivity index (χ4n) is 4.49. The zero-order chi connectivity index (χ0) is 28.3. The van der Waals surface area contributed by atoms with Gasteiger partial charge in [-0.15, -0.1) is 0 Å². The molecule has 1 aliphatic heterocycles. The van der Waals surface area contributed by atoms with Crippen LogP contribution in [0.4, 0.5) is 11.4 Å². The standard InChI is InChI=1S/C31H34N2O7/c1-38-28(34)14-8-19-33-21-27(31(36)37)40-29-25(12-7-13-26(29)33)32-30(35)23-15-17-24(18-16-23)39-20-6-5-11-22-9-3-2-4-10-22/h2-4,7,9-10,12-13,15-18,27H,5-6,8,11,14,19-21H2,1H3,(H,32,35)(H,36,37). The van der Waals surface area contributed by atoms with Crippen LogP contribution in [0, 0.1) is 0 Å². The van der Waals surface area contributed by atoms with E-state index in [1.807, 2.05) is 23.1 Å². The number of hydrogen-bond acceptors (Lipinski definition) is 7. The summed E-state index contributed by atoms with van der Waals surface area (Å²) in [6.07, 6.45) is 2.54. The second-order valence-corrected chi connectivity index (χ2v) is 9.49. The summed E-state index contributed by atoms with van der Waals surface area (Å²) in [5.74, 6) is -0.836. The number of nitrogens with one attached hydrogen (secondary N) is 1. The molecule has 1 amide bonds. The second-order valence-electron chi connectivity index (χ2n) is 9.49. The Morgan fingerprint density at radius 3 is 2.48 bits per heavy atom. The number of aryl methyl sites for hydroxylation is 1. The van der Waals surface area contributed by atoms with Crippen molar-refractivity contribution in [2.75, 3.05) is 37.0 Å². The Morgan fingerprint density at radius 2 is 1.75 bits per heavy atom. The Kier molecular flexibility index (Phi) is 9.99. The van der Waals surface area contributed by atoms with Crippen molar-refractivity contribution < 1.29 is 33.7 Å². The number of carbonyl (C=O) groups is 3. The molecule has 0 radical (unpaired) electrons. The molecule has 3 aromatic carbocycles. The van der Waals surface area contributed by atoms with Crippen molar-refractivity contribution in [3.8, 4) is 11.5 Å². The Bertz CT molecular complexity index is 1290. The fraction of sp³-hybridized carbons (Fsp3) is 0.323. The highest BCUT2D eigenvalue weighted by Crippen LogP contribution is 2.40. The van der Waals surface area contributed by atoms with E-state index in [4.69, 9.17) is 14.2 Å². The number of benzene rings is 3. The lowest BCUT2D eigenvalue weighted by molar-refractivity contribution is -0.145. The van der Waals surface area contributed by atoms with Gasteiger partial charge in [-0.3, -0.25) is 9.59 Å². The van der Waals surface area contributed by atoms with E-state index >= 15 is 0 Å². The number of rotatable bonds is 13. The number of amides is 1. The number of carbonyl (C=O) groups excluding carboxylic acids is 2. The first-order valence-electron chi connectivity index (χ1n) is 13.4. The van der Waals surface area contributed by atoms with E-state index in [-0.39, 0.29) is 30.6 Å². The number of aliphatic carboxylic acids is 1. The van der Waals surface area contributed by atoms with E-state index in [0.29, 0.717) is 42.3 Å². The lowest BCUT2D eigenvalue weighted by atomic mass is 10.1. The molecule has 0 saturated heterocycles. The van der Waals surface area contributed by atoms with Crippen LogP contribution in [0.2, 0.25) is 0 Å². The van der Waals surface area contributed by atoms with Gasteiger partial charge in [-0.05, 0) is 67.6 Å². The van der Waals surface area contributed by atoms with E-state index in [2.05, 4.69) is 17.4 Å². The molecule has 0 aliphatic carbocycles. The van der Waals surface area contributed by atoms with E-state index < -0.39 is 12.1 Å². The molecule has 0 fully saturated rings. The molecule has 210 valence electrons. The highest BCUT2D eigenvalue weighted by atomic mass is 16.5. The Hall–Kier alpha value is -4.53. The smallest absolute Gasteiger partial charge is 0.346 e. The van der Waals surface area contributed by atoms with Crippen molar-refractivity contribution in [2.24, 2.45) is 0 Å². The van der Waals surface area contributed by atoms with Gasteiger partial charge in [-0.2, -0.15) is 0 Å². The summed E-state index contributed by atoms with van der Waals surface area (Å²) in [6.45, 7) is 1.14. The number of anilines is 2. The quantitative estimate of drug-likeness (QED) is 0.229. The minimum absolute atomic E-state index is 0.120. The molecular formula is C31H34N2O7. The fourth-order valence-corrected chi connectivity index (χ4v) is 4.49. The molecule has 1 unspecified atom stereocenters. The summed E-state index contributed by atoms with van der Waals surface area (Å²) in [6, 6.07) is 22.5. The second kappa shape index (κ2) is 14.0. The number of esters is 1. The Balaban J connectivity index is 1.35. The van der Waals surface area contributed by atoms with Crippen molar-refractivity contribution in [1.82, 2.24) is 0 Å². The maximum absolute atomic E-state index is 13.0. The molecule has 3 aromatic rings. The maximum Gasteiger partial charge on any atom is 0.346 e. The van der Waals surface area contributed by atoms with Crippen LogP contribution in [0.25, 0.3) is 0 Å². The van der Waals surface area contributed by atoms with Crippen LogP contribution in [0.15, 0.2) is 72.8 Å². The summed E-state index contributed by atoms with van der Waals surface area (Å²) < 4.78 is 16.3. The van der Waals surface area contributed by atoms with Crippen LogP contribution in [0.5, 0.6) is 11.5 Å². The van der Waals surface area contributed by atoms with Crippen LogP contribution in [-0.2, 0) is 20.7 Å². The van der Waals surface area contributed by atoms with Crippen LogP contribution in [-0.4, -0.2) is 55.9 Å². The third kappa shape index (κ3) is 7.75. The van der Waals surface area contributed by atoms with Crippen molar-refractivity contribution in [1.29, 1.82) is 0 Å². The van der Waals surface area contributed by atoms with E-state index in [9.17, 15) is 19.5 Å². The number of hydrogen-bond donors (Lipinski definition) is 2. The number of nitrogens with zero attached hydrogens (tertiary/aromatic N) is 1. The van der Waals surface area contributed by atoms with Gasteiger partial charge in [0.25, 0.3) is 5.91 Å². The first-order chi connectivity index (χ1) is 19.4. The largest absolute Gasteiger partial charge is 0.494 e. The van der Waals surface area contributed by atoms with Gasteiger partial charge in [0.05, 0.1) is 31.6 Å². The predicted octanol–water partition coefficient (Wildman–Crippen LogP) is 4.95. The third-order valence-corrected chi connectivity index (χ3v) is 6.63. The van der Waals surface area contributed by atoms with E-state index in [1.54, 1.807) is 42.5 Å². The van der Waals surface area contributed by atoms with Gasteiger partial charge >= 0.3 is 11.9 Å². The summed E-state index contributed by atoms with van der Waals surface area (Å²) in [4.78, 5) is 38.2. The van der Waals surface area contributed by atoms with Crippen LogP contribution < -0.4 is 19.7 Å². The Labute approximate surface area is 233 Å². The third-order valence-electron chi connectivity index (χ3n) is 6.63. The van der Waals surface area contributed by atoms with Gasteiger partial charge in [0.1, 0.15) is 5.75 Å². The average molecular weight is 547 g/mol. The highest BCUT2D eigenvalue weighted by molar-refractivity contribution is 6.05. The highest BCUT2D eigenvalue weighted by Gasteiger charge is 2.32. The predicted molar refractivity (Wildman–Crippen MR) is 151 cm³/mol. The lowest BCUT2D eigenvalue weighted by Gasteiger charge is -2.35. The summed E-state index contributed by atoms with van der Waals surface area (Å²) in [5, 5.41) is 12.5. The molecule has 0 spiro atoms. The van der Waals surface area contributed by atoms with Crippen molar-refractivity contribution in [3.05, 3.63) is 83.9 Å². The molecule has 1 aliphatic rings. The molecule has 0 saturated carbocycles. The molecule has 1 heterocycles. The van der Waals surface area contributed by atoms with Crippen molar-refractivity contribution in [3.63, 3.8) is 0 Å². The minimum Gasteiger partial charge on any atom is -0.494 e. The molecular weight excluding hydrogens is 512 g/mol. The molecule has 40 heavy (non-hydrogen) atoms. The van der Waals surface area contributed by atoms with E-state index in [1.165, 1.54) is 12.7 Å². The van der Waals surface area contributed by atoms with Gasteiger partial charge < -0.3 is 29.5 Å². The monoisotopic (exact) mass is 546 g/mol. The molecule has 1 atom stereocenters. The lowest BCUT2D eigenvalue weighted by Crippen LogP contribution is -2.45. The summed E-state index contributed by atoms with van der Waals surface area (Å²) in [7, 11) is 1.33. The zero-order valence-corrected chi connectivity index (χ0v) is 22.5. The number of methoxy groups -OCH3 is 1. The molecule has 0 bridgehead atoms. The molecule has 4 rings (SSSR count). The molecule has 0 aromatic heterocycles. The first kappa shape index (κ1) is 28.5. The van der Waals surface area contributed by atoms with Crippen molar-refractivity contribution >= 4 is 29.2 Å². The maximum atomic E-state index is 13.0. The van der Waals surface area contributed by atoms with Crippen LogP contribution in [0.1, 0.15) is 41.6 Å². The van der Waals surface area contributed by atoms with Gasteiger partial charge in [0, 0.05) is 18.5 Å². The van der Waals surface area contributed by atoms with Crippen LogP contribution >= 0.6 is 0 Å². The minimum atomic E-state index is -1.12. The number of carboxylic acid groups (broad SMARTS) is 1. The molecule has 2 N–H and O–H groups in total. The van der Waals surface area contributed by atoms with Gasteiger partial charge in [-0.1, -0.05) is 36.4 Å². The number of carboxylic acids is 1. The topological polar surface area (TPSA) is 114 Å². The Morgan fingerprint density at radius 1 is 0.975 bits per heavy atom. The van der Waals surface area contributed by atoms with Crippen LogP contribution in [0.3, 0.4) is 0 Å². The van der Waals surface area contributed by atoms with Gasteiger partial charge in [0.2, 0.25) is 6.10 Å². The number of para-hydroxylation sites is 1. The normalized spacial score (nSPS) is 14.0. The number of fused-ring (bicyclic) bond motifs is 1. The average Bonchev–Trinajstić information content (AvgIpc) is 2.97. The van der Waals surface area contributed by atoms with E-state index in [0.717, 1.165) is 19.3 Å². The zero-order valence-electron chi connectivity index (χ0n) is 22.5. The van der Waals surface area contributed by atoms with Gasteiger partial charge in [0.15, 0.2) is 5.75 Å². The first-order valence-corrected chi connectivity index (χ1v) is 13.4. The SMILES string of the molecule is COC(=O)CCCN1CC(C(=O)O)Oc2c(NC(=O)c3ccc(OCCCCc4ccccc4)cc3)cccc21. The number of ether oxygens (including phenoxy) is 3. The molecule has 9 nitrogen and oxygen atoms in total.